The number of benzene rings is 1. The molecule has 0 spiro atoms. The Morgan fingerprint density at radius 1 is 1.07 bits per heavy atom. The molecule has 6 heteroatoms. The topological polar surface area (TPSA) is 65.4 Å². The van der Waals surface area contributed by atoms with Crippen molar-refractivity contribution >= 4 is 23.7 Å². The lowest BCUT2D eigenvalue weighted by molar-refractivity contribution is 0.477. The Bertz CT molecular complexity index is 903. The van der Waals surface area contributed by atoms with E-state index >= 15 is 0 Å². The molecule has 2 aromatic rings. The largest absolute Gasteiger partial charge is 0.340 e. The molecule has 3 aliphatic heterocycles. The van der Waals surface area contributed by atoms with Crippen molar-refractivity contribution in [1.29, 1.82) is 0 Å². The molecule has 2 N–H and O–H groups in total. The number of rotatable bonds is 4. The van der Waals surface area contributed by atoms with Crippen LogP contribution in [0, 0.1) is 0 Å². The Kier molecular flexibility index (Phi) is 3.47. The third kappa shape index (κ3) is 2.70. The summed E-state index contributed by atoms with van der Waals surface area (Å²) in [6.45, 7) is 2.88. The highest BCUT2D eigenvalue weighted by Gasteiger charge is 2.38. The molecule has 3 fully saturated rings. The Morgan fingerprint density at radius 2 is 1.93 bits per heavy atom. The average molecular weight is 360 g/mol. The summed E-state index contributed by atoms with van der Waals surface area (Å²) in [6, 6.07) is 7.54. The van der Waals surface area contributed by atoms with Crippen molar-refractivity contribution in [1.82, 2.24) is 15.3 Å². The van der Waals surface area contributed by atoms with Gasteiger partial charge in [-0.2, -0.15) is 4.98 Å². The van der Waals surface area contributed by atoms with Gasteiger partial charge in [-0.05, 0) is 54.9 Å². The molecule has 1 saturated carbocycles. The Morgan fingerprint density at radius 3 is 2.74 bits per heavy atom. The van der Waals surface area contributed by atoms with Gasteiger partial charge in [0.2, 0.25) is 5.95 Å². The predicted octanol–water partition coefficient (Wildman–Crippen LogP) is 2.97. The number of fused-ring (bicyclic) bond motifs is 3. The van der Waals surface area contributed by atoms with Gasteiger partial charge in [-0.1, -0.05) is 6.07 Å². The Hall–Kier alpha value is -2.47. The molecule has 27 heavy (non-hydrogen) atoms. The molecular formula is C21H24N6. The van der Waals surface area contributed by atoms with Crippen molar-refractivity contribution in [3.05, 3.63) is 41.1 Å². The van der Waals surface area contributed by atoms with Gasteiger partial charge in [0, 0.05) is 48.8 Å². The van der Waals surface area contributed by atoms with Crippen LogP contribution >= 0.6 is 0 Å². The summed E-state index contributed by atoms with van der Waals surface area (Å²) < 4.78 is 0. The maximum absolute atomic E-state index is 5.03. The highest BCUT2D eigenvalue weighted by molar-refractivity contribution is 5.86. The summed E-state index contributed by atoms with van der Waals surface area (Å²) in [4.78, 5) is 16.6. The van der Waals surface area contributed by atoms with E-state index < -0.39 is 0 Å². The zero-order chi connectivity index (χ0) is 17.8. The zero-order valence-electron chi connectivity index (χ0n) is 15.4. The minimum absolute atomic E-state index is 0.527. The molecule has 1 aliphatic carbocycles. The molecule has 0 amide bonds. The van der Waals surface area contributed by atoms with E-state index in [0.717, 1.165) is 37.1 Å². The number of nitrogens with one attached hydrogen (secondary N) is 2. The van der Waals surface area contributed by atoms with Crippen molar-refractivity contribution in [2.75, 3.05) is 23.3 Å². The van der Waals surface area contributed by atoms with E-state index in [1.165, 1.54) is 42.4 Å². The lowest BCUT2D eigenvalue weighted by Crippen LogP contribution is -2.52. The predicted molar refractivity (Wildman–Crippen MR) is 107 cm³/mol. The van der Waals surface area contributed by atoms with E-state index in [1.54, 1.807) is 0 Å². The minimum Gasteiger partial charge on any atom is -0.340 e. The summed E-state index contributed by atoms with van der Waals surface area (Å²) in [5.41, 5.74) is 4.85. The van der Waals surface area contributed by atoms with Crippen LogP contribution in [-0.2, 0) is 6.54 Å². The van der Waals surface area contributed by atoms with E-state index in [1.807, 2.05) is 6.21 Å². The minimum atomic E-state index is 0.527. The second-order valence-electron chi connectivity index (χ2n) is 8.21. The van der Waals surface area contributed by atoms with Crippen LogP contribution in [0.5, 0.6) is 0 Å². The molecule has 2 unspecified atom stereocenters. The first-order valence-corrected chi connectivity index (χ1v) is 10.1. The van der Waals surface area contributed by atoms with Crippen LogP contribution in [0.25, 0.3) is 0 Å². The molecule has 2 saturated heterocycles. The smallest absolute Gasteiger partial charge is 0.227 e. The monoisotopic (exact) mass is 360 g/mol. The maximum Gasteiger partial charge on any atom is 0.227 e. The fourth-order valence-electron chi connectivity index (χ4n) is 4.72. The van der Waals surface area contributed by atoms with Crippen LogP contribution in [0.15, 0.2) is 29.4 Å². The van der Waals surface area contributed by atoms with Gasteiger partial charge in [-0.25, -0.2) is 4.98 Å². The van der Waals surface area contributed by atoms with Crippen molar-refractivity contribution < 1.29 is 0 Å². The van der Waals surface area contributed by atoms with E-state index in [9.17, 15) is 0 Å². The summed E-state index contributed by atoms with van der Waals surface area (Å²) >= 11 is 0. The Balaban J connectivity index is 1.35. The first-order valence-electron chi connectivity index (χ1n) is 10.1. The molecule has 138 valence electrons. The number of aromatic nitrogens is 2. The van der Waals surface area contributed by atoms with Crippen LogP contribution in [0.1, 0.15) is 48.3 Å². The average Bonchev–Trinajstić information content (AvgIpc) is 3.37. The van der Waals surface area contributed by atoms with Gasteiger partial charge in [0.25, 0.3) is 0 Å². The molecule has 6 nitrogen and oxygen atoms in total. The number of piperazine rings is 1. The second-order valence-corrected chi connectivity index (χ2v) is 8.21. The fourth-order valence-corrected chi connectivity index (χ4v) is 4.72. The van der Waals surface area contributed by atoms with Crippen LogP contribution in [0.4, 0.5) is 17.5 Å². The van der Waals surface area contributed by atoms with Crippen molar-refractivity contribution in [3.8, 4) is 0 Å². The van der Waals surface area contributed by atoms with E-state index in [2.05, 4.69) is 44.9 Å². The van der Waals surface area contributed by atoms with Crippen LogP contribution in [0.3, 0.4) is 0 Å². The standard InChI is InChI=1S/C21H24N6/c1-2-13(1)19-12-24-21(27-17-5-6-18(27)11-23-10-17)26-20(19)25-16-4-3-14-8-22-9-15(14)7-16/h3-4,7,9,12-13,17-18,23H,1-2,5-6,8,10-11H2,(H,24,25,26). The van der Waals surface area contributed by atoms with Crippen LogP contribution in [0.2, 0.25) is 0 Å². The fraction of sp³-hybridized carbons (Fsp3) is 0.476. The molecule has 6 rings (SSSR count). The number of hydrogen-bond donors (Lipinski definition) is 2. The van der Waals surface area contributed by atoms with Crippen molar-refractivity contribution in [3.63, 3.8) is 0 Å². The summed E-state index contributed by atoms with van der Waals surface area (Å²) in [7, 11) is 0. The van der Waals surface area contributed by atoms with E-state index in [-0.39, 0.29) is 0 Å². The quantitative estimate of drug-likeness (QED) is 0.878. The van der Waals surface area contributed by atoms with Crippen molar-refractivity contribution in [2.24, 2.45) is 4.99 Å². The van der Waals surface area contributed by atoms with Crippen LogP contribution < -0.4 is 15.5 Å². The number of nitrogens with zero attached hydrogens (tertiary/aromatic N) is 4. The molecule has 1 aromatic carbocycles. The Labute approximate surface area is 159 Å². The maximum atomic E-state index is 5.03. The third-order valence-electron chi connectivity index (χ3n) is 6.33. The van der Waals surface area contributed by atoms with E-state index in [4.69, 9.17) is 9.97 Å². The van der Waals surface area contributed by atoms with Gasteiger partial charge >= 0.3 is 0 Å². The first-order chi connectivity index (χ1) is 13.3. The lowest BCUT2D eigenvalue weighted by atomic mass is 10.1. The first kappa shape index (κ1) is 15.6. The summed E-state index contributed by atoms with van der Waals surface area (Å²) in [5.74, 6) is 2.48. The number of anilines is 3. The van der Waals surface area contributed by atoms with Gasteiger partial charge in [0.05, 0.1) is 6.54 Å². The highest BCUT2D eigenvalue weighted by Crippen LogP contribution is 2.44. The van der Waals surface area contributed by atoms with Gasteiger partial charge in [0.1, 0.15) is 5.82 Å². The number of hydrogen-bond acceptors (Lipinski definition) is 6. The van der Waals surface area contributed by atoms with Gasteiger partial charge < -0.3 is 15.5 Å². The molecule has 2 bridgehead atoms. The van der Waals surface area contributed by atoms with E-state index in [0.29, 0.717) is 18.0 Å². The van der Waals surface area contributed by atoms with Gasteiger partial charge in [-0.3, -0.25) is 4.99 Å². The van der Waals surface area contributed by atoms with Gasteiger partial charge in [-0.15, -0.1) is 0 Å². The normalized spacial score (nSPS) is 25.7. The van der Waals surface area contributed by atoms with Crippen LogP contribution in [-0.4, -0.2) is 41.4 Å². The molecule has 4 heterocycles. The molecule has 2 atom stereocenters. The van der Waals surface area contributed by atoms with Crippen molar-refractivity contribution in [2.45, 2.75) is 50.2 Å². The summed E-state index contributed by atoms with van der Waals surface area (Å²) in [5, 5.41) is 7.14. The highest BCUT2D eigenvalue weighted by atomic mass is 15.4. The summed E-state index contributed by atoms with van der Waals surface area (Å²) in [6.07, 6.45) is 8.99. The second kappa shape index (κ2) is 6.02. The third-order valence-corrected chi connectivity index (χ3v) is 6.33. The number of aliphatic imine (C=N–C) groups is 1. The van der Waals surface area contributed by atoms with Gasteiger partial charge in [0.15, 0.2) is 0 Å². The molecule has 1 aromatic heterocycles. The molecule has 4 aliphatic rings. The molecular weight excluding hydrogens is 336 g/mol. The zero-order valence-corrected chi connectivity index (χ0v) is 15.4. The lowest BCUT2D eigenvalue weighted by Gasteiger charge is -2.35. The SMILES string of the molecule is C1=NCc2ccc(Nc3nc(N4C5CCC4CNC5)ncc3C3CC3)cc21. The molecule has 0 radical (unpaired) electrons.